The number of hydrogen-bond acceptors (Lipinski definition) is 5. The van der Waals surface area contributed by atoms with Crippen molar-refractivity contribution in [2.24, 2.45) is 0 Å². The predicted molar refractivity (Wildman–Crippen MR) is 63.2 cm³/mol. The topological polar surface area (TPSA) is 76.4 Å². The maximum atomic E-state index is 11.7. The van der Waals surface area contributed by atoms with Gasteiger partial charge in [0.1, 0.15) is 0 Å². The molecule has 0 radical (unpaired) electrons. The molecule has 1 aliphatic heterocycles. The van der Waals surface area contributed by atoms with Gasteiger partial charge in [-0.1, -0.05) is 0 Å². The predicted octanol–water partition coefficient (Wildman–Crippen LogP) is -0.390. The fourth-order valence-corrected chi connectivity index (χ4v) is 1.82. The molecule has 0 atom stereocenters. The van der Waals surface area contributed by atoms with Crippen LogP contribution in [0.1, 0.15) is 12.1 Å². The monoisotopic (exact) mass is 239 g/mol. The first-order chi connectivity index (χ1) is 8.31. The second kappa shape index (κ2) is 5.79. The maximum absolute atomic E-state index is 11.7. The van der Waals surface area contributed by atoms with Gasteiger partial charge in [0, 0.05) is 12.6 Å². The van der Waals surface area contributed by atoms with Crippen molar-refractivity contribution in [3.63, 3.8) is 0 Å². The van der Waals surface area contributed by atoms with Gasteiger partial charge in [-0.15, -0.1) is 0 Å². The summed E-state index contributed by atoms with van der Waals surface area (Å²) in [6, 6.07) is 1.59. The third-order valence-corrected chi connectivity index (χ3v) is 2.66. The summed E-state index contributed by atoms with van der Waals surface area (Å²) in [5.74, 6) is 0. The highest BCUT2D eigenvalue weighted by atomic mass is 16.5. The van der Waals surface area contributed by atoms with E-state index in [2.05, 4.69) is 10.4 Å². The first-order valence-corrected chi connectivity index (χ1v) is 5.85. The van der Waals surface area contributed by atoms with Gasteiger partial charge in [-0.2, -0.15) is 5.10 Å². The van der Waals surface area contributed by atoms with Crippen molar-refractivity contribution in [3.8, 4) is 0 Å². The maximum Gasteiger partial charge on any atom is 0.268 e. The molecule has 0 amide bonds. The van der Waals surface area contributed by atoms with Gasteiger partial charge >= 0.3 is 0 Å². The van der Waals surface area contributed by atoms with Gasteiger partial charge in [0.15, 0.2) is 0 Å². The summed E-state index contributed by atoms with van der Waals surface area (Å²) < 4.78 is 6.54. The number of rotatable bonds is 5. The number of nitrogens with one attached hydrogen (secondary N) is 1. The minimum Gasteiger partial charge on any atom is -0.394 e. The van der Waals surface area contributed by atoms with Crippen LogP contribution in [0.5, 0.6) is 0 Å². The zero-order valence-electron chi connectivity index (χ0n) is 9.69. The van der Waals surface area contributed by atoms with Crippen molar-refractivity contribution < 1.29 is 9.84 Å². The lowest BCUT2D eigenvalue weighted by atomic mass is 10.1. The average Bonchev–Trinajstić information content (AvgIpc) is 2.35. The van der Waals surface area contributed by atoms with Crippen molar-refractivity contribution in [2.75, 3.05) is 31.7 Å². The van der Waals surface area contributed by atoms with Gasteiger partial charge in [-0.05, 0) is 12.8 Å². The van der Waals surface area contributed by atoms with Gasteiger partial charge in [0.2, 0.25) is 0 Å². The van der Waals surface area contributed by atoms with Gasteiger partial charge < -0.3 is 15.2 Å². The minimum atomic E-state index is -0.120. The molecule has 0 bridgehead atoms. The van der Waals surface area contributed by atoms with E-state index in [1.807, 2.05) is 0 Å². The van der Waals surface area contributed by atoms with E-state index >= 15 is 0 Å². The number of aromatic nitrogens is 2. The van der Waals surface area contributed by atoms with Crippen LogP contribution in [-0.4, -0.2) is 41.3 Å². The van der Waals surface area contributed by atoms with Gasteiger partial charge in [-0.3, -0.25) is 4.79 Å². The molecule has 0 fully saturated rings. The third kappa shape index (κ3) is 3.04. The summed E-state index contributed by atoms with van der Waals surface area (Å²) >= 11 is 0. The van der Waals surface area contributed by atoms with E-state index in [1.165, 1.54) is 4.68 Å². The van der Waals surface area contributed by atoms with Crippen molar-refractivity contribution in [2.45, 2.75) is 19.4 Å². The van der Waals surface area contributed by atoms with Crippen LogP contribution in [0.3, 0.4) is 0 Å². The van der Waals surface area contributed by atoms with Crippen molar-refractivity contribution in [1.82, 2.24) is 9.78 Å². The smallest absolute Gasteiger partial charge is 0.268 e. The van der Waals surface area contributed by atoms with E-state index in [1.54, 1.807) is 6.07 Å². The number of aryl methyl sites for hydroxylation is 1. The fraction of sp³-hybridized carbons (Fsp3) is 0.636. The van der Waals surface area contributed by atoms with Gasteiger partial charge in [-0.25, -0.2) is 4.68 Å². The summed E-state index contributed by atoms with van der Waals surface area (Å²) in [6.45, 7) is 2.00. The van der Waals surface area contributed by atoms with E-state index in [0.717, 1.165) is 30.8 Å². The second-order valence-corrected chi connectivity index (χ2v) is 3.93. The number of nitrogens with zero attached hydrogens (tertiary/aromatic N) is 2. The van der Waals surface area contributed by atoms with E-state index in [4.69, 9.17) is 9.84 Å². The zero-order chi connectivity index (χ0) is 12.1. The zero-order valence-corrected chi connectivity index (χ0v) is 9.69. The van der Waals surface area contributed by atoms with Crippen LogP contribution >= 0.6 is 0 Å². The molecule has 0 unspecified atom stereocenters. The lowest BCUT2D eigenvalue weighted by Crippen LogP contribution is -2.28. The van der Waals surface area contributed by atoms with Crippen LogP contribution in [0, 0.1) is 0 Å². The van der Waals surface area contributed by atoms with Crippen LogP contribution in [0.2, 0.25) is 0 Å². The molecular formula is C11H17N3O3. The van der Waals surface area contributed by atoms with E-state index < -0.39 is 0 Å². The Balaban J connectivity index is 2.04. The van der Waals surface area contributed by atoms with Crippen LogP contribution < -0.4 is 10.9 Å². The molecule has 2 rings (SSSR count). The Hall–Kier alpha value is -1.40. The highest BCUT2D eigenvalue weighted by Gasteiger charge is 2.12. The molecule has 0 saturated carbocycles. The third-order valence-electron chi connectivity index (χ3n) is 2.66. The molecule has 0 saturated heterocycles. The molecule has 6 nitrogen and oxygen atoms in total. The second-order valence-electron chi connectivity index (χ2n) is 3.93. The van der Waals surface area contributed by atoms with E-state index in [-0.39, 0.29) is 12.2 Å². The summed E-state index contributed by atoms with van der Waals surface area (Å²) in [5, 5.41) is 16.0. The molecule has 17 heavy (non-hydrogen) atoms. The lowest BCUT2D eigenvalue weighted by Gasteiger charge is -2.17. The summed E-state index contributed by atoms with van der Waals surface area (Å²) in [4.78, 5) is 11.7. The van der Waals surface area contributed by atoms with Crippen LogP contribution in [0.4, 0.5) is 5.69 Å². The number of fused-ring (bicyclic) bond motifs is 1. The SMILES string of the molecule is O=c1cc2c(nn1CCOCCO)CCCN2. The number of hydrogen-bond donors (Lipinski definition) is 2. The van der Waals surface area contributed by atoms with Crippen molar-refractivity contribution >= 4 is 5.69 Å². The highest BCUT2D eigenvalue weighted by molar-refractivity contribution is 5.48. The molecule has 1 aromatic rings. The Bertz CT molecular complexity index is 430. The van der Waals surface area contributed by atoms with E-state index in [0.29, 0.717) is 19.8 Å². The molecule has 6 heteroatoms. The molecule has 94 valence electrons. The molecule has 2 N–H and O–H groups in total. The number of aliphatic hydroxyl groups is 1. The molecule has 0 spiro atoms. The first kappa shape index (κ1) is 12.1. The Morgan fingerprint density at radius 1 is 1.53 bits per heavy atom. The summed E-state index contributed by atoms with van der Waals surface area (Å²) in [5.41, 5.74) is 1.68. The molecule has 0 aromatic carbocycles. The molecule has 0 aliphatic carbocycles. The quantitative estimate of drug-likeness (QED) is 0.684. The number of ether oxygens (including phenoxy) is 1. The standard InChI is InChI=1S/C11H17N3O3/c15-5-7-17-6-4-14-11(16)8-10-9(13-14)2-1-3-12-10/h8,12,15H,1-7H2. The van der Waals surface area contributed by atoms with Crippen LogP contribution in [-0.2, 0) is 17.7 Å². The van der Waals surface area contributed by atoms with E-state index in [9.17, 15) is 4.79 Å². The van der Waals surface area contributed by atoms with Crippen molar-refractivity contribution in [1.29, 1.82) is 0 Å². The van der Waals surface area contributed by atoms with Gasteiger partial charge in [0.25, 0.3) is 5.56 Å². The molecule has 2 heterocycles. The average molecular weight is 239 g/mol. The fourth-order valence-electron chi connectivity index (χ4n) is 1.82. The Morgan fingerprint density at radius 3 is 3.24 bits per heavy atom. The van der Waals surface area contributed by atoms with Crippen LogP contribution in [0.15, 0.2) is 10.9 Å². The summed E-state index contributed by atoms with van der Waals surface area (Å²) in [6.07, 6.45) is 1.94. The van der Waals surface area contributed by atoms with Crippen molar-refractivity contribution in [3.05, 3.63) is 22.1 Å². The Kier molecular flexibility index (Phi) is 4.11. The Morgan fingerprint density at radius 2 is 2.41 bits per heavy atom. The van der Waals surface area contributed by atoms with Gasteiger partial charge in [0.05, 0.1) is 37.7 Å². The number of anilines is 1. The largest absolute Gasteiger partial charge is 0.394 e. The highest BCUT2D eigenvalue weighted by Crippen LogP contribution is 2.16. The van der Waals surface area contributed by atoms with Crippen LogP contribution in [0.25, 0.3) is 0 Å². The Labute approximate surface area is 99.2 Å². The molecular weight excluding hydrogens is 222 g/mol. The normalized spacial score (nSPS) is 14.2. The number of aliphatic hydroxyl groups excluding tert-OH is 1. The first-order valence-electron chi connectivity index (χ1n) is 5.85. The molecule has 1 aromatic heterocycles. The summed E-state index contributed by atoms with van der Waals surface area (Å²) in [7, 11) is 0. The molecule has 1 aliphatic rings. The lowest BCUT2D eigenvalue weighted by molar-refractivity contribution is 0.0846. The minimum absolute atomic E-state index is 0.00354.